The summed E-state index contributed by atoms with van der Waals surface area (Å²) >= 11 is 1.14. The van der Waals surface area contributed by atoms with E-state index in [0.717, 1.165) is 24.2 Å². The minimum atomic E-state index is -3.60. The van der Waals surface area contributed by atoms with Gasteiger partial charge in [0.2, 0.25) is 0 Å². The van der Waals surface area contributed by atoms with Gasteiger partial charge < -0.3 is 5.73 Å². The van der Waals surface area contributed by atoms with E-state index in [-0.39, 0.29) is 16.9 Å². The van der Waals surface area contributed by atoms with Crippen molar-refractivity contribution in [3.63, 3.8) is 0 Å². The first-order chi connectivity index (χ1) is 9.93. The SMILES string of the molecule is Nc1cc(F)ccc1-c1csc(NS(=O)(=O)NC2CC2)n1. The van der Waals surface area contributed by atoms with Crippen LogP contribution in [0.4, 0.5) is 15.2 Å². The normalized spacial score (nSPS) is 15.1. The van der Waals surface area contributed by atoms with E-state index >= 15 is 0 Å². The predicted octanol–water partition coefficient (Wildman–Crippen LogP) is 1.94. The Morgan fingerprint density at radius 3 is 2.81 bits per heavy atom. The molecular formula is C12H13FN4O2S2. The molecule has 1 aromatic heterocycles. The second-order valence-corrected chi connectivity index (χ2v) is 7.07. The summed E-state index contributed by atoms with van der Waals surface area (Å²) in [6, 6.07) is 4.02. The fourth-order valence-electron chi connectivity index (χ4n) is 1.78. The van der Waals surface area contributed by atoms with Gasteiger partial charge in [-0.05, 0) is 31.0 Å². The maximum atomic E-state index is 13.0. The van der Waals surface area contributed by atoms with E-state index in [2.05, 4.69) is 14.4 Å². The molecule has 9 heteroatoms. The summed E-state index contributed by atoms with van der Waals surface area (Å²) in [4.78, 5) is 4.17. The summed E-state index contributed by atoms with van der Waals surface area (Å²) in [6.07, 6.45) is 1.71. The van der Waals surface area contributed by atoms with Crippen LogP contribution in [-0.2, 0) is 10.2 Å². The zero-order valence-corrected chi connectivity index (χ0v) is 12.5. The Balaban J connectivity index is 1.79. The largest absolute Gasteiger partial charge is 0.398 e. The summed E-state index contributed by atoms with van der Waals surface area (Å²) in [7, 11) is -3.60. The number of hydrogen-bond donors (Lipinski definition) is 3. The summed E-state index contributed by atoms with van der Waals surface area (Å²) in [5, 5.41) is 1.90. The lowest BCUT2D eigenvalue weighted by molar-refractivity contribution is 0.586. The smallest absolute Gasteiger partial charge is 0.301 e. The monoisotopic (exact) mass is 328 g/mol. The number of nitrogens with two attached hydrogens (primary N) is 1. The molecule has 3 rings (SSSR count). The van der Waals surface area contributed by atoms with Crippen LogP contribution in [0.25, 0.3) is 11.3 Å². The molecule has 112 valence electrons. The van der Waals surface area contributed by atoms with Crippen LogP contribution < -0.4 is 15.2 Å². The van der Waals surface area contributed by atoms with Crippen molar-refractivity contribution in [1.82, 2.24) is 9.71 Å². The Morgan fingerprint density at radius 1 is 1.38 bits per heavy atom. The van der Waals surface area contributed by atoms with Crippen LogP contribution in [0.1, 0.15) is 12.8 Å². The quantitative estimate of drug-likeness (QED) is 0.731. The number of nitrogens with one attached hydrogen (secondary N) is 2. The topological polar surface area (TPSA) is 97.1 Å². The summed E-state index contributed by atoms with van der Waals surface area (Å²) in [5.74, 6) is -0.430. The number of thiazole rings is 1. The molecule has 21 heavy (non-hydrogen) atoms. The first-order valence-electron chi connectivity index (χ1n) is 6.24. The molecule has 4 N–H and O–H groups in total. The lowest BCUT2D eigenvalue weighted by atomic mass is 10.1. The molecule has 0 amide bonds. The highest BCUT2D eigenvalue weighted by Crippen LogP contribution is 2.30. The maximum absolute atomic E-state index is 13.0. The Labute approximate surface area is 125 Å². The third-order valence-corrected chi connectivity index (χ3v) is 4.91. The van der Waals surface area contributed by atoms with E-state index in [4.69, 9.17) is 5.73 Å². The van der Waals surface area contributed by atoms with Crippen molar-refractivity contribution in [2.75, 3.05) is 10.5 Å². The molecule has 6 nitrogen and oxygen atoms in total. The van der Waals surface area contributed by atoms with Crippen LogP contribution in [0, 0.1) is 5.82 Å². The van der Waals surface area contributed by atoms with Crippen molar-refractivity contribution in [3.8, 4) is 11.3 Å². The third-order valence-electron chi connectivity index (χ3n) is 2.91. The number of aromatic nitrogens is 1. The van der Waals surface area contributed by atoms with E-state index in [1.165, 1.54) is 18.2 Å². The fraction of sp³-hybridized carbons (Fsp3) is 0.250. The van der Waals surface area contributed by atoms with Gasteiger partial charge in [-0.1, -0.05) is 0 Å². The number of anilines is 2. The van der Waals surface area contributed by atoms with Gasteiger partial charge in [0.25, 0.3) is 0 Å². The van der Waals surface area contributed by atoms with Crippen LogP contribution in [0.2, 0.25) is 0 Å². The molecule has 1 aliphatic rings. The van der Waals surface area contributed by atoms with Gasteiger partial charge >= 0.3 is 10.2 Å². The first-order valence-corrected chi connectivity index (χ1v) is 8.60. The van der Waals surface area contributed by atoms with Crippen molar-refractivity contribution in [2.45, 2.75) is 18.9 Å². The Morgan fingerprint density at radius 2 is 2.14 bits per heavy atom. The molecule has 0 spiro atoms. The molecular weight excluding hydrogens is 315 g/mol. The van der Waals surface area contributed by atoms with Crippen LogP contribution in [0.15, 0.2) is 23.6 Å². The highest BCUT2D eigenvalue weighted by Gasteiger charge is 2.27. The zero-order chi connectivity index (χ0) is 15.0. The highest BCUT2D eigenvalue weighted by molar-refractivity contribution is 7.91. The van der Waals surface area contributed by atoms with Crippen LogP contribution >= 0.6 is 11.3 Å². The Hall–Kier alpha value is -1.71. The Bertz CT molecular complexity index is 771. The van der Waals surface area contributed by atoms with E-state index in [0.29, 0.717) is 11.3 Å². The molecule has 0 unspecified atom stereocenters. The summed E-state index contributed by atoms with van der Waals surface area (Å²) in [6.45, 7) is 0. The molecule has 0 bridgehead atoms. The standard InChI is InChI=1S/C12H13FN4O2S2/c13-7-1-4-9(10(14)5-7)11-6-20-12(15-11)17-21(18,19)16-8-2-3-8/h1,4-6,8,16H,2-3,14H2,(H,15,17). The van der Waals surface area contributed by atoms with E-state index in [1.807, 2.05) is 0 Å². The van der Waals surface area contributed by atoms with E-state index in [1.54, 1.807) is 5.38 Å². The summed E-state index contributed by atoms with van der Waals surface area (Å²) < 4.78 is 41.4. The second kappa shape index (κ2) is 5.24. The number of benzene rings is 1. The van der Waals surface area contributed by atoms with Gasteiger partial charge in [0.05, 0.1) is 5.69 Å². The van der Waals surface area contributed by atoms with E-state index < -0.39 is 16.0 Å². The van der Waals surface area contributed by atoms with Crippen molar-refractivity contribution >= 4 is 32.4 Å². The molecule has 1 fully saturated rings. The molecule has 0 saturated heterocycles. The molecule has 1 heterocycles. The number of nitrogen functional groups attached to an aromatic ring is 1. The van der Waals surface area contributed by atoms with Crippen LogP contribution in [0.3, 0.4) is 0 Å². The average molecular weight is 328 g/mol. The molecule has 0 radical (unpaired) electrons. The first kappa shape index (κ1) is 14.2. The van der Waals surface area contributed by atoms with Crippen molar-refractivity contribution in [2.24, 2.45) is 0 Å². The van der Waals surface area contributed by atoms with Crippen LogP contribution in [0.5, 0.6) is 0 Å². The minimum absolute atomic E-state index is 0.0228. The number of halogens is 1. The Kier molecular flexibility index (Phi) is 3.56. The third kappa shape index (κ3) is 3.49. The lowest BCUT2D eigenvalue weighted by Crippen LogP contribution is -2.31. The van der Waals surface area contributed by atoms with Crippen molar-refractivity contribution in [1.29, 1.82) is 0 Å². The van der Waals surface area contributed by atoms with Crippen molar-refractivity contribution in [3.05, 3.63) is 29.4 Å². The van der Waals surface area contributed by atoms with Gasteiger partial charge in [0.1, 0.15) is 5.82 Å². The van der Waals surface area contributed by atoms with Gasteiger partial charge in [-0.15, -0.1) is 11.3 Å². The molecule has 1 aromatic carbocycles. The second-order valence-electron chi connectivity index (χ2n) is 4.77. The minimum Gasteiger partial charge on any atom is -0.398 e. The van der Waals surface area contributed by atoms with Crippen LogP contribution in [-0.4, -0.2) is 19.4 Å². The summed E-state index contributed by atoms with van der Waals surface area (Å²) in [5.41, 5.74) is 7.06. The van der Waals surface area contributed by atoms with Crippen molar-refractivity contribution < 1.29 is 12.8 Å². The maximum Gasteiger partial charge on any atom is 0.301 e. The molecule has 1 saturated carbocycles. The van der Waals surface area contributed by atoms with Gasteiger partial charge in [0, 0.05) is 22.7 Å². The molecule has 0 atom stereocenters. The number of nitrogens with zero attached hydrogens (tertiary/aromatic N) is 1. The van der Waals surface area contributed by atoms with Gasteiger partial charge in [-0.2, -0.15) is 13.1 Å². The number of hydrogen-bond acceptors (Lipinski definition) is 5. The fourth-order valence-corrected chi connectivity index (χ4v) is 3.86. The molecule has 2 aromatic rings. The zero-order valence-electron chi connectivity index (χ0n) is 10.8. The van der Waals surface area contributed by atoms with Gasteiger partial charge in [-0.3, -0.25) is 0 Å². The van der Waals surface area contributed by atoms with Gasteiger partial charge in [0.15, 0.2) is 5.13 Å². The number of rotatable bonds is 5. The molecule has 0 aliphatic heterocycles. The lowest BCUT2D eigenvalue weighted by Gasteiger charge is -2.05. The molecule has 1 aliphatic carbocycles. The van der Waals surface area contributed by atoms with E-state index in [9.17, 15) is 12.8 Å². The predicted molar refractivity (Wildman–Crippen MR) is 80.6 cm³/mol. The van der Waals surface area contributed by atoms with Gasteiger partial charge in [-0.25, -0.2) is 14.1 Å². The highest BCUT2D eigenvalue weighted by atomic mass is 32.2. The average Bonchev–Trinajstić information content (AvgIpc) is 3.06.